The zero-order chi connectivity index (χ0) is 9.07. The minimum Gasteiger partial charge on any atom is -0.391 e. The molecule has 0 aromatic rings. The fourth-order valence-corrected chi connectivity index (χ4v) is 0.947. The molecule has 0 rings (SSSR count). The van der Waals surface area contributed by atoms with Crippen molar-refractivity contribution >= 4 is 30.3 Å². The Labute approximate surface area is 68.2 Å². The first-order valence-electron chi connectivity index (χ1n) is 2.58. The Morgan fingerprint density at radius 3 is 2.27 bits per heavy atom. The van der Waals surface area contributed by atoms with Gasteiger partial charge in [-0.15, -0.1) is 0 Å². The predicted molar refractivity (Wildman–Crippen MR) is 40.1 cm³/mol. The second kappa shape index (κ2) is 3.92. The summed E-state index contributed by atoms with van der Waals surface area (Å²) in [4.78, 5) is 37.6. The van der Waals surface area contributed by atoms with Crippen molar-refractivity contribution in [2.75, 3.05) is 0 Å². The van der Waals surface area contributed by atoms with Gasteiger partial charge < -0.3 is 14.3 Å². The molecule has 0 fully saturated rings. The molecule has 0 aromatic carbocycles. The molecular formula is C4H7O5PS. The lowest BCUT2D eigenvalue weighted by Crippen LogP contribution is -2.06. The first-order chi connectivity index (χ1) is 4.81. The molecule has 0 aliphatic carbocycles. The molecule has 64 valence electrons. The van der Waals surface area contributed by atoms with E-state index in [1.54, 1.807) is 0 Å². The van der Waals surface area contributed by atoms with Crippen molar-refractivity contribution in [2.45, 2.75) is 13.3 Å². The monoisotopic (exact) mass is 198 g/mol. The molecule has 5 nitrogen and oxygen atoms in total. The summed E-state index contributed by atoms with van der Waals surface area (Å²) >= 11 is 3.98. The van der Waals surface area contributed by atoms with Gasteiger partial charge in [0, 0.05) is 11.8 Å². The summed E-state index contributed by atoms with van der Waals surface area (Å²) in [6.07, 6.45) is -0.487. The second-order valence-electron chi connectivity index (χ2n) is 1.83. The minimum atomic E-state index is -3.95. The highest BCUT2D eigenvalue weighted by molar-refractivity contribution is 8.06. The molecule has 0 radical (unpaired) electrons. The summed E-state index contributed by atoms with van der Waals surface area (Å²) in [5.74, 6) is -1.43. The van der Waals surface area contributed by atoms with Crippen LogP contribution >= 0.6 is 6.72 Å². The fourth-order valence-electron chi connectivity index (χ4n) is 0.368. The third-order valence-electron chi connectivity index (χ3n) is 0.614. The third kappa shape index (κ3) is 7.61. The van der Waals surface area contributed by atoms with E-state index in [-0.39, 0.29) is 0 Å². The fraction of sp³-hybridized carbons (Fsp3) is 0.500. The van der Waals surface area contributed by atoms with Gasteiger partial charge in [0.05, 0.1) is 0 Å². The molecule has 0 aliphatic heterocycles. The summed E-state index contributed by atoms with van der Waals surface area (Å²) in [5.41, 5.74) is 0. The molecule has 0 atom stereocenters. The van der Waals surface area contributed by atoms with E-state index in [2.05, 4.69) is 16.3 Å². The number of hydrogen-bond donors (Lipinski definition) is 2. The molecule has 2 N–H and O–H groups in total. The number of Topliss-reactive ketones (excluding diaryl/α,β-unsaturated/α-hetero) is 1. The van der Waals surface area contributed by atoms with Gasteiger partial charge in [0.15, 0.2) is 0 Å². The van der Waals surface area contributed by atoms with Crippen LogP contribution in [0.25, 0.3) is 0 Å². The van der Waals surface area contributed by atoms with Crippen LogP contribution in [0.2, 0.25) is 0 Å². The van der Waals surface area contributed by atoms with E-state index in [9.17, 15) is 9.59 Å². The maximum Gasteiger partial charge on any atom is 0.377 e. The van der Waals surface area contributed by atoms with Crippen LogP contribution in [0.3, 0.4) is 0 Å². The van der Waals surface area contributed by atoms with Gasteiger partial charge in [0.1, 0.15) is 12.2 Å². The molecule has 0 saturated carbocycles. The van der Waals surface area contributed by atoms with Gasteiger partial charge in [-0.3, -0.25) is 9.59 Å². The van der Waals surface area contributed by atoms with Crippen LogP contribution in [0.15, 0.2) is 0 Å². The van der Waals surface area contributed by atoms with Gasteiger partial charge >= 0.3 is 12.7 Å². The summed E-state index contributed by atoms with van der Waals surface area (Å²) in [5, 5.41) is 0. The lowest BCUT2D eigenvalue weighted by atomic mass is 10.3. The van der Waals surface area contributed by atoms with Crippen molar-refractivity contribution < 1.29 is 23.9 Å². The Morgan fingerprint density at radius 2 is 2.00 bits per heavy atom. The number of carbonyl (C=O) groups excluding carboxylic acids is 2. The normalized spacial score (nSPS) is 10.8. The highest BCUT2D eigenvalue weighted by Crippen LogP contribution is 2.36. The summed E-state index contributed by atoms with van der Waals surface area (Å²) < 4.78 is 3.93. The van der Waals surface area contributed by atoms with E-state index in [0.29, 0.717) is 0 Å². The Kier molecular flexibility index (Phi) is 3.82. The highest BCUT2D eigenvalue weighted by Gasteiger charge is 2.16. The van der Waals surface area contributed by atoms with Crippen LogP contribution in [0.1, 0.15) is 13.3 Å². The van der Waals surface area contributed by atoms with Crippen molar-refractivity contribution in [3.8, 4) is 0 Å². The Bertz CT molecular complexity index is 219. The van der Waals surface area contributed by atoms with Gasteiger partial charge in [0.2, 0.25) is 0 Å². The molecule has 0 aliphatic rings. The lowest BCUT2D eigenvalue weighted by Gasteiger charge is -2.06. The first-order valence-corrected chi connectivity index (χ1v) is 5.21. The van der Waals surface area contributed by atoms with Crippen molar-refractivity contribution in [2.24, 2.45) is 0 Å². The van der Waals surface area contributed by atoms with Crippen LogP contribution < -0.4 is 0 Å². The molecule has 0 heterocycles. The van der Waals surface area contributed by atoms with Gasteiger partial charge in [-0.25, -0.2) is 0 Å². The highest BCUT2D eigenvalue weighted by atomic mass is 32.5. The quantitative estimate of drug-likeness (QED) is 0.479. The molecule has 0 saturated heterocycles. The Balaban J connectivity index is 3.90. The molecule has 0 unspecified atom stereocenters. The molecule has 7 heteroatoms. The number of carbonyl (C=O) groups is 2. The number of rotatable bonds is 3. The van der Waals surface area contributed by atoms with Gasteiger partial charge in [-0.05, 0) is 6.92 Å². The maximum absolute atomic E-state index is 10.5. The first kappa shape index (κ1) is 10.7. The smallest absolute Gasteiger partial charge is 0.377 e. The van der Waals surface area contributed by atoms with E-state index in [0.717, 1.165) is 0 Å². The topological polar surface area (TPSA) is 83.8 Å². The van der Waals surface area contributed by atoms with E-state index < -0.39 is 24.9 Å². The number of hydrogen-bond acceptors (Lipinski definition) is 4. The van der Waals surface area contributed by atoms with E-state index in [4.69, 9.17) is 9.79 Å². The molecule has 11 heavy (non-hydrogen) atoms. The summed E-state index contributed by atoms with van der Waals surface area (Å²) in [6.45, 7) is -2.77. The zero-order valence-electron chi connectivity index (χ0n) is 5.68. The van der Waals surface area contributed by atoms with Gasteiger partial charge in [-0.1, -0.05) is 0 Å². The Morgan fingerprint density at radius 1 is 1.55 bits per heavy atom. The van der Waals surface area contributed by atoms with Crippen molar-refractivity contribution in [3.63, 3.8) is 0 Å². The number of ketones is 1. The standard InChI is InChI=1S/C4H7O5PS/c1-3(5)2-4(6)9-10(7,8)11/h2H2,1H3,(H2,7,8,11). The Hall–Kier alpha value is -0.290. The summed E-state index contributed by atoms with van der Waals surface area (Å²) in [7, 11) is 0. The average molecular weight is 198 g/mol. The second-order valence-corrected chi connectivity index (χ2v) is 4.42. The maximum atomic E-state index is 10.5. The van der Waals surface area contributed by atoms with Crippen molar-refractivity contribution in [3.05, 3.63) is 0 Å². The average Bonchev–Trinajstić information content (AvgIpc) is 1.53. The van der Waals surface area contributed by atoms with E-state index in [1.165, 1.54) is 6.92 Å². The predicted octanol–water partition coefficient (Wildman–Crippen LogP) is -0.282. The zero-order valence-corrected chi connectivity index (χ0v) is 7.39. The van der Waals surface area contributed by atoms with Crippen LogP contribution in [0.5, 0.6) is 0 Å². The SMILES string of the molecule is CC(=O)CC(=O)OP(O)(O)=S. The van der Waals surface area contributed by atoms with Crippen molar-refractivity contribution in [1.29, 1.82) is 0 Å². The van der Waals surface area contributed by atoms with Crippen LogP contribution in [0.4, 0.5) is 0 Å². The molecule has 0 spiro atoms. The lowest BCUT2D eigenvalue weighted by molar-refractivity contribution is -0.137. The van der Waals surface area contributed by atoms with Crippen molar-refractivity contribution in [1.82, 2.24) is 0 Å². The van der Waals surface area contributed by atoms with Crippen LogP contribution in [0, 0.1) is 0 Å². The molecule has 0 bridgehead atoms. The molecular weight excluding hydrogens is 191 g/mol. The summed E-state index contributed by atoms with van der Waals surface area (Å²) in [6, 6.07) is 0. The molecule has 0 amide bonds. The van der Waals surface area contributed by atoms with E-state index in [1.807, 2.05) is 0 Å². The third-order valence-corrected chi connectivity index (χ3v) is 1.28. The largest absolute Gasteiger partial charge is 0.391 e. The van der Waals surface area contributed by atoms with Crippen LogP contribution in [-0.2, 0) is 25.9 Å². The minimum absolute atomic E-state index is 0.418. The van der Waals surface area contributed by atoms with Gasteiger partial charge in [0.25, 0.3) is 0 Å². The van der Waals surface area contributed by atoms with Gasteiger partial charge in [-0.2, -0.15) is 0 Å². The molecule has 0 aromatic heterocycles. The van der Waals surface area contributed by atoms with E-state index >= 15 is 0 Å². The van der Waals surface area contributed by atoms with Crippen LogP contribution in [-0.4, -0.2) is 21.5 Å².